The summed E-state index contributed by atoms with van der Waals surface area (Å²) in [5.41, 5.74) is 1.49. The van der Waals surface area contributed by atoms with Crippen LogP contribution in [0.5, 0.6) is 0 Å². The summed E-state index contributed by atoms with van der Waals surface area (Å²) in [4.78, 5) is 46.0. The Hall–Kier alpha value is -3.52. The van der Waals surface area contributed by atoms with Crippen LogP contribution in [0.2, 0.25) is 0 Å². The Morgan fingerprint density at radius 1 is 0.902 bits per heavy atom. The Morgan fingerprint density at radius 3 is 2.20 bits per heavy atom. The van der Waals surface area contributed by atoms with Crippen molar-refractivity contribution in [3.8, 4) is 0 Å². The average molecular weight is 557 g/mol. The van der Waals surface area contributed by atoms with E-state index in [0.717, 1.165) is 23.9 Å². The molecule has 1 aromatic heterocycles. The number of rotatable bonds is 6. The summed E-state index contributed by atoms with van der Waals surface area (Å²) < 4.78 is 1.88. The molecule has 2 aromatic carbocycles. The molecule has 3 fully saturated rings. The molecule has 3 atom stereocenters. The fraction of sp³-hybridized carbons (Fsp3) is 0.515. The number of carbonyl (C=O) groups is 2. The molecule has 3 aliphatic rings. The monoisotopic (exact) mass is 556 g/mol. The maximum absolute atomic E-state index is 14.1. The number of carboxylic acids is 1. The van der Waals surface area contributed by atoms with Crippen molar-refractivity contribution in [3.05, 3.63) is 75.7 Å². The van der Waals surface area contributed by atoms with Crippen LogP contribution in [0.1, 0.15) is 104 Å². The Balaban J connectivity index is 1.29. The first kappa shape index (κ1) is 27.6. The Bertz CT molecular complexity index is 1480. The molecule has 8 heteroatoms. The number of hydrogen-bond acceptors (Lipinski definition) is 5. The van der Waals surface area contributed by atoms with Crippen LogP contribution in [-0.4, -0.2) is 49.6 Å². The van der Waals surface area contributed by atoms with Gasteiger partial charge in [0.25, 0.3) is 11.5 Å². The van der Waals surface area contributed by atoms with Crippen molar-refractivity contribution in [2.75, 3.05) is 0 Å². The normalized spacial score (nSPS) is 25.5. The van der Waals surface area contributed by atoms with Crippen LogP contribution >= 0.6 is 0 Å². The van der Waals surface area contributed by atoms with Crippen LogP contribution in [0.3, 0.4) is 0 Å². The Kier molecular flexibility index (Phi) is 7.68. The molecule has 8 nitrogen and oxygen atoms in total. The second kappa shape index (κ2) is 11.4. The smallest absolute Gasteiger partial charge is 0.335 e. The highest BCUT2D eigenvalue weighted by atomic mass is 16.4. The number of para-hydroxylation sites is 2. The third kappa shape index (κ3) is 5.42. The van der Waals surface area contributed by atoms with E-state index in [2.05, 4.69) is 22.1 Å². The molecule has 2 N–H and O–H groups in total. The Morgan fingerprint density at radius 2 is 1.54 bits per heavy atom. The Labute approximate surface area is 240 Å². The lowest BCUT2D eigenvalue weighted by atomic mass is 9.81. The minimum Gasteiger partial charge on any atom is -0.478 e. The molecular formula is C33H40N4O4. The number of hydrogen-bond donors (Lipinski definition) is 2. The summed E-state index contributed by atoms with van der Waals surface area (Å²) in [5.74, 6) is -1.52. The lowest BCUT2D eigenvalue weighted by molar-refractivity contribution is 0.0161. The molecular weight excluding hydrogens is 516 g/mol. The molecule has 2 bridgehead atoms. The zero-order chi connectivity index (χ0) is 28.6. The average Bonchev–Trinajstić information content (AvgIpc) is 3.22. The predicted molar refractivity (Wildman–Crippen MR) is 158 cm³/mol. The van der Waals surface area contributed by atoms with Crippen LogP contribution in [-0.2, 0) is 12.1 Å². The standard InChI is InChI=1S/C33H40N4O4/c1-33(19-25-17-18-26(20-33)36(25)24-9-5-3-2-4-6-10-24)37-28-12-8-7-11-27(28)35-29(31(37)39)30(38)34-21-22-13-15-23(16-14-22)32(40)41/h7-8,11-16,24-26H,2-6,9-10,17-21H2,1H3,(H,34,38)(H,40,41)/t25-,26+,33?. The van der Waals surface area contributed by atoms with Crippen LogP contribution < -0.4 is 10.9 Å². The van der Waals surface area contributed by atoms with E-state index in [9.17, 15) is 14.4 Å². The number of fused-ring (bicyclic) bond motifs is 3. The maximum atomic E-state index is 14.1. The molecule has 6 rings (SSSR count). The van der Waals surface area contributed by atoms with Gasteiger partial charge in [-0.15, -0.1) is 0 Å². The SMILES string of the molecule is CC1(n2c(=O)c(C(=O)NCc3ccc(C(=O)O)cc3)nc3ccccc32)C[C@H]2CC[C@@H](C1)N2C1CCCCCCC1. The zero-order valence-electron chi connectivity index (χ0n) is 23.8. The van der Waals surface area contributed by atoms with Gasteiger partial charge < -0.3 is 10.4 Å². The number of benzene rings is 2. The lowest BCUT2D eigenvalue weighted by Crippen LogP contribution is -2.56. The van der Waals surface area contributed by atoms with E-state index in [4.69, 9.17) is 5.11 Å². The number of aromatic carboxylic acids is 1. The highest BCUT2D eigenvalue weighted by Crippen LogP contribution is 2.47. The van der Waals surface area contributed by atoms with Crippen molar-refractivity contribution in [2.45, 2.75) is 108 Å². The van der Waals surface area contributed by atoms with E-state index in [-0.39, 0.29) is 23.4 Å². The minimum atomic E-state index is -1.00. The van der Waals surface area contributed by atoms with Gasteiger partial charge in [0.15, 0.2) is 5.69 Å². The van der Waals surface area contributed by atoms with Crippen molar-refractivity contribution in [2.24, 2.45) is 0 Å². The summed E-state index contributed by atoms with van der Waals surface area (Å²) in [6, 6.07) is 15.5. The van der Waals surface area contributed by atoms with E-state index in [1.54, 1.807) is 12.1 Å². The van der Waals surface area contributed by atoms with Crippen LogP contribution in [0, 0.1) is 0 Å². The van der Waals surface area contributed by atoms with E-state index >= 15 is 0 Å². The van der Waals surface area contributed by atoms with Crippen LogP contribution in [0.25, 0.3) is 11.0 Å². The number of nitrogens with zero attached hydrogens (tertiary/aromatic N) is 3. The third-order valence-electron chi connectivity index (χ3n) is 9.69. The molecule has 1 amide bonds. The minimum absolute atomic E-state index is 0.0955. The molecule has 41 heavy (non-hydrogen) atoms. The van der Waals surface area contributed by atoms with Crippen LogP contribution in [0.15, 0.2) is 53.3 Å². The molecule has 3 aromatic rings. The third-order valence-corrected chi connectivity index (χ3v) is 9.69. The van der Waals surface area contributed by atoms with E-state index in [1.807, 2.05) is 28.8 Å². The van der Waals surface area contributed by atoms with E-state index in [1.165, 1.54) is 69.9 Å². The first-order valence-electron chi connectivity index (χ1n) is 15.2. The number of carboxylic acid groups (broad SMARTS) is 1. The molecule has 2 aliphatic heterocycles. The summed E-state index contributed by atoms with van der Waals surface area (Å²) in [5, 5.41) is 12.0. The summed E-state index contributed by atoms with van der Waals surface area (Å²) in [6.45, 7) is 2.37. The highest BCUT2D eigenvalue weighted by molar-refractivity contribution is 5.94. The number of piperidine rings is 1. The van der Waals surface area contributed by atoms with Crippen molar-refractivity contribution in [3.63, 3.8) is 0 Å². The van der Waals surface area contributed by atoms with Gasteiger partial charge in [-0.25, -0.2) is 9.78 Å². The molecule has 1 aliphatic carbocycles. The van der Waals surface area contributed by atoms with E-state index < -0.39 is 17.4 Å². The van der Waals surface area contributed by atoms with Gasteiger partial charge in [-0.2, -0.15) is 0 Å². The van der Waals surface area contributed by atoms with E-state index in [0.29, 0.717) is 23.6 Å². The quantitative estimate of drug-likeness (QED) is 0.417. The second-order valence-electron chi connectivity index (χ2n) is 12.5. The predicted octanol–water partition coefficient (Wildman–Crippen LogP) is 5.48. The lowest BCUT2D eigenvalue weighted by Gasteiger charge is -2.49. The van der Waals surface area contributed by atoms with Crippen LogP contribution in [0.4, 0.5) is 0 Å². The van der Waals surface area contributed by atoms with Gasteiger partial charge in [-0.1, -0.05) is 56.4 Å². The van der Waals surface area contributed by atoms with Crippen molar-refractivity contribution in [1.82, 2.24) is 19.8 Å². The second-order valence-corrected chi connectivity index (χ2v) is 12.5. The van der Waals surface area contributed by atoms with Crippen molar-refractivity contribution in [1.29, 1.82) is 0 Å². The first-order chi connectivity index (χ1) is 19.8. The molecule has 0 spiro atoms. The number of nitrogens with one attached hydrogen (secondary N) is 1. The first-order valence-corrected chi connectivity index (χ1v) is 15.2. The molecule has 3 heterocycles. The fourth-order valence-corrected chi connectivity index (χ4v) is 7.85. The largest absolute Gasteiger partial charge is 0.478 e. The van der Waals surface area contributed by atoms with Crippen molar-refractivity contribution < 1.29 is 14.7 Å². The molecule has 216 valence electrons. The molecule has 1 unspecified atom stereocenters. The number of carbonyl (C=O) groups excluding carboxylic acids is 1. The van der Waals surface area contributed by atoms with Gasteiger partial charge in [0, 0.05) is 30.2 Å². The topological polar surface area (TPSA) is 105 Å². The maximum Gasteiger partial charge on any atom is 0.335 e. The van der Waals surface area contributed by atoms with Crippen molar-refractivity contribution >= 4 is 22.9 Å². The summed E-state index contributed by atoms with van der Waals surface area (Å²) in [7, 11) is 0. The summed E-state index contributed by atoms with van der Waals surface area (Å²) in [6.07, 6.45) is 13.4. The van der Waals surface area contributed by atoms with Gasteiger partial charge in [0.05, 0.1) is 16.6 Å². The van der Waals surface area contributed by atoms with Gasteiger partial charge in [0.2, 0.25) is 0 Å². The highest BCUT2D eigenvalue weighted by Gasteiger charge is 2.49. The van der Waals surface area contributed by atoms with Gasteiger partial charge >= 0.3 is 5.97 Å². The zero-order valence-corrected chi connectivity index (χ0v) is 23.8. The summed E-state index contributed by atoms with van der Waals surface area (Å²) >= 11 is 0. The molecule has 0 radical (unpaired) electrons. The van der Waals surface area contributed by atoms with Gasteiger partial charge in [-0.3, -0.25) is 19.1 Å². The fourth-order valence-electron chi connectivity index (χ4n) is 7.85. The molecule has 2 saturated heterocycles. The van der Waals surface area contributed by atoms with Gasteiger partial charge in [-0.05, 0) is 75.3 Å². The van der Waals surface area contributed by atoms with Gasteiger partial charge in [0.1, 0.15) is 0 Å². The molecule has 1 saturated carbocycles. The number of aromatic nitrogens is 2. The number of amides is 1.